The van der Waals surface area contributed by atoms with Crippen LogP contribution in [0, 0.1) is 0 Å². The third-order valence-corrected chi connectivity index (χ3v) is 4.34. The van der Waals surface area contributed by atoms with Crippen molar-refractivity contribution < 1.29 is 33.6 Å². The summed E-state index contributed by atoms with van der Waals surface area (Å²) in [5.74, 6) is -2.19. The molecule has 26 heavy (non-hydrogen) atoms. The molecular weight excluding hydrogens is 342 g/mol. The minimum atomic E-state index is -1.11. The molecule has 2 aliphatic rings. The lowest BCUT2D eigenvalue weighted by molar-refractivity contribution is -0.175. The third-order valence-electron chi connectivity index (χ3n) is 4.34. The average Bonchev–Trinajstić information content (AvgIpc) is 3.12. The van der Waals surface area contributed by atoms with Crippen LogP contribution in [0.5, 0.6) is 0 Å². The Bertz CT molecular complexity index is 675. The lowest BCUT2D eigenvalue weighted by Gasteiger charge is -2.26. The zero-order valence-corrected chi connectivity index (χ0v) is 15.6. The van der Waals surface area contributed by atoms with Gasteiger partial charge in [0.1, 0.15) is 30.1 Å². The van der Waals surface area contributed by atoms with Crippen molar-refractivity contribution in [1.29, 1.82) is 0 Å². The Morgan fingerprint density at radius 2 is 1.96 bits per heavy atom. The average molecular weight is 367 g/mol. The molecule has 1 aromatic rings. The van der Waals surface area contributed by atoms with Crippen LogP contribution in [-0.2, 0) is 23.7 Å². The second kappa shape index (κ2) is 6.86. The number of methoxy groups -OCH3 is 1. The maximum atomic E-state index is 11.7. The lowest BCUT2D eigenvalue weighted by atomic mass is 10.0. The summed E-state index contributed by atoms with van der Waals surface area (Å²) in [6.07, 6.45) is -2.79. The molecule has 3 rings (SSSR count). The van der Waals surface area contributed by atoms with Crippen molar-refractivity contribution in [1.82, 2.24) is 4.98 Å². The number of rotatable bonds is 4. The topological polar surface area (TPSA) is 96.3 Å². The molecule has 1 aromatic heterocycles. The number of aliphatic hydroxyl groups excluding tert-OH is 1. The van der Waals surface area contributed by atoms with Gasteiger partial charge >= 0.3 is 5.97 Å². The molecule has 4 atom stereocenters. The maximum Gasteiger partial charge on any atom is 0.356 e. The standard InChI is InChI=1S/C18H25NO7/c1-17(2)23-9-12(24-17)14-15(26-18(3,4)25-14)13(20)10-7-6-8-11(19-10)16(21)22-5/h6-8,12-15,20H,9H2,1-5H3/t12-,13-,14-,15+/m1/s1. The highest BCUT2D eigenvalue weighted by Gasteiger charge is 2.52. The first-order valence-electron chi connectivity index (χ1n) is 8.53. The van der Waals surface area contributed by atoms with Gasteiger partial charge in [0.05, 0.1) is 19.4 Å². The van der Waals surface area contributed by atoms with E-state index in [-0.39, 0.29) is 5.69 Å². The summed E-state index contributed by atoms with van der Waals surface area (Å²) in [6, 6.07) is 4.77. The van der Waals surface area contributed by atoms with E-state index in [2.05, 4.69) is 9.72 Å². The summed E-state index contributed by atoms with van der Waals surface area (Å²) in [4.78, 5) is 15.9. The van der Waals surface area contributed by atoms with Gasteiger partial charge in [-0.25, -0.2) is 9.78 Å². The molecule has 144 valence electrons. The van der Waals surface area contributed by atoms with Gasteiger partial charge in [0, 0.05) is 0 Å². The van der Waals surface area contributed by atoms with E-state index in [1.54, 1.807) is 26.0 Å². The minimum absolute atomic E-state index is 0.111. The van der Waals surface area contributed by atoms with Crippen LogP contribution in [0.4, 0.5) is 0 Å². The predicted octanol–water partition coefficient (Wildman–Crippen LogP) is 1.57. The van der Waals surface area contributed by atoms with Crippen LogP contribution in [-0.4, -0.2) is 59.7 Å². The van der Waals surface area contributed by atoms with Crippen LogP contribution >= 0.6 is 0 Å². The second-order valence-electron chi connectivity index (χ2n) is 7.32. The van der Waals surface area contributed by atoms with Gasteiger partial charge in [-0.1, -0.05) is 6.07 Å². The third kappa shape index (κ3) is 3.89. The number of aliphatic hydroxyl groups is 1. The van der Waals surface area contributed by atoms with Gasteiger partial charge in [0.2, 0.25) is 0 Å². The van der Waals surface area contributed by atoms with Crippen LogP contribution < -0.4 is 0 Å². The molecule has 0 bridgehead atoms. The Hall–Kier alpha value is -1.58. The minimum Gasteiger partial charge on any atom is -0.464 e. The Balaban J connectivity index is 1.84. The zero-order chi connectivity index (χ0) is 19.1. The molecule has 0 spiro atoms. The number of carbonyl (C=O) groups excluding carboxylic acids is 1. The lowest BCUT2D eigenvalue weighted by Crippen LogP contribution is -2.41. The van der Waals surface area contributed by atoms with E-state index in [0.29, 0.717) is 12.3 Å². The van der Waals surface area contributed by atoms with E-state index in [9.17, 15) is 9.90 Å². The van der Waals surface area contributed by atoms with Crippen LogP contribution in [0.1, 0.15) is 50.0 Å². The Labute approximate surface area is 152 Å². The summed E-state index contributed by atoms with van der Waals surface area (Å²) >= 11 is 0. The smallest absolute Gasteiger partial charge is 0.356 e. The number of carbonyl (C=O) groups is 1. The molecule has 0 radical (unpaired) electrons. The largest absolute Gasteiger partial charge is 0.464 e. The fourth-order valence-electron chi connectivity index (χ4n) is 3.23. The molecule has 2 saturated heterocycles. The number of hydrogen-bond acceptors (Lipinski definition) is 8. The number of ether oxygens (including phenoxy) is 5. The number of aromatic nitrogens is 1. The molecular formula is C18H25NO7. The molecule has 8 heteroatoms. The second-order valence-corrected chi connectivity index (χ2v) is 7.32. The molecule has 1 N–H and O–H groups in total. The normalized spacial score (nSPS) is 30.9. The van der Waals surface area contributed by atoms with E-state index in [0.717, 1.165) is 0 Å². The van der Waals surface area contributed by atoms with Gasteiger partial charge in [-0.05, 0) is 39.8 Å². The predicted molar refractivity (Wildman–Crippen MR) is 89.3 cm³/mol. The van der Waals surface area contributed by atoms with Crippen molar-refractivity contribution in [2.24, 2.45) is 0 Å². The highest BCUT2D eigenvalue weighted by Crippen LogP contribution is 2.39. The summed E-state index contributed by atoms with van der Waals surface area (Å²) < 4.78 is 28.1. The quantitative estimate of drug-likeness (QED) is 0.801. The summed E-state index contributed by atoms with van der Waals surface area (Å²) in [5.41, 5.74) is 0.405. The van der Waals surface area contributed by atoms with Crippen LogP contribution in [0.25, 0.3) is 0 Å². The van der Waals surface area contributed by atoms with Crippen LogP contribution in [0.15, 0.2) is 18.2 Å². The van der Waals surface area contributed by atoms with Crippen molar-refractivity contribution in [3.05, 3.63) is 29.6 Å². The van der Waals surface area contributed by atoms with Gasteiger partial charge in [-0.15, -0.1) is 0 Å². The van der Waals surface area contributed by atoms with E-state index < -0.39 is 42.0 Å². The molecule has 0 unspecified atom stereocenters. The number of hydrogen-bond donors (Lipinski definition) is 1. The van der Waals surface area contributed by atoms with Gasteiger partial charge in [-0.2, -0.15) is 0 Å². The monoisotopic (exact) mass is 367 g/mol. The van der Waals surface area contributed by atoms with Crippen molar-refractivity contribution >= 4 is 5.97 Å². The van der Waals surface area contributed by atoms with Gasteiger partial charge in [0.15, 0.2) is 11.6 Å². The van der Waals surface area contributed by atoms with Crippen molar-refractivity contribution in [3.63, 3.8) is 0 Å². The van der Waals surface area contributed by atoms with Crippen molar-refractivity contribution in [2.45, 2.75) is 63.7 Å². The molecule has 8 nitrogen and oxygen atoms in total. The first-order chi connectivity index (χ1) is 12.1. The first-order valence-corrected chi connectivity index (χ1v) is 8.53. The number of esters is 1. The zero-order valence-electron chi connectivity index (χ0n) is 15.6. The summed E-state index contributed by atoms with van der Waals surface area (Å²) in [5, 5.41) is 10.9. The van der Waals surface area contributed by atoms with E-state index >= 15 is 0 Å². The Kier molecular flexibility index (Phi) is 5.06. The fourth-order valence-corrected chi connectivity index (χ4v) is 3.23. The molecule has 3 heterocycles. The van der Waals surface area contributed by atoms with Crippen LogP contribution in [0.2, 0.25) is 0 Å². The Morgan fingerprint density at radius 1 is 1.23 bits per heavy atom. The van der Waals surface area contributed by atoms with E-state index in [1.165, 1.54) is 13.2 Å². The highest BCUT2D eigenvalue weighted by atomic mass is 16.8. The molecule has 0 saturated carbocycles. The number of nitrogens with zero attached hydrogens (tertiary/aromatic N) is 1. The van der Waals surface area contributed by atoms with Gasteiger partial charge in [0.25, 0.3) is 0 Å². The van der Waals surface area contributed by atoms with E-state index in [1.807, 2.05) is 13.8 Å². The molecule has 2 aliphatic heterocycles. The SMILES string of the molecule is COC(=O)c1cccc([C@@H](O)[C@@H]2OC(C)(C)O[C@@H]2[C@H]2COC(C)(C)O2)n1. The Morgan fingerprint density at radius 3 is 2.58 bits per heavy atom. The molecule has 2 fully saturated rings. The van der Waals surface area contributed by atoms with Gasteiger partial charge < -0.3 is 28.8 Å². The van der Waals surface area contributed by atoms with Crippen molar-refractivity contribution in [2.75, 3.05) is 13.7 Å². The highest BCUT2D eigenvalue weighted by molar-refractivity contribution is 5.87. The first kappa shape index (κ1) is 19.2. The summed E-state index contributed by atoms with van der Waals surface area (Å²) in [7, 11) is 1.28. The molecule has 0 aliphatic carbocycles. The van der Waals surface area contributed by atoms with Crippen LogP contribution in [0.3, 0.4) is 0 Å². The summed E-state index contributed by atoms with van der Waals surface area (Å²) in [6.45, 7) is 7.51. The fraction of sp³-hybridized carbons (Fsp3) is 0.667. The van der Waals surface area contributed by atoms with Gasteiger partial charge in [-0.3, -0.25) is 0 Å². The van der Waals surface area contributed by atoms with Crippen molar-refractivity contribution in [3.8, 4) is 0 Å². The number of pyridine rings is 1. The molecule has 0 aromatic carbocycles. The van der Waals surface area contributed by atoms with E-state index in [4.69, 9.17) is 18.9 Å². The maximum absolute atomic E-state index is 11.7. The molecule has 0 amide bonds.